The quantitative estimate of drug-likeness (QED) is 0.257. The Morgan fingerprint density at radius 2 is 1.55 bits per heavy atom. The molecule has 0 saturated carbocycles. The van der Waals surface area contributed by atoms with E-state index in [1.807, 2.05) is 37.3 Å². The van der Waals surface area contributed by atoms with Crippen LogP contribution in [-0.4, -0.2) is 37.5 Å². The Hall–Kier alpha value is -3.64. The van der Waals surface area contributed by atoms with Crippen LogP contribution < -0.4 is 9.47 Å². The van der Waals surface area contributed by atoms with E-state index in [1.165, 1.54) is 6.07 Å². The molecule has 0 unspecified atom stereocenters. The van der Waals surface area contributed by atoms with Gasteiger partial charge in [-0.05, 0) is 48.7 Å². The van der Waals surface area contributed by atoms with Gasteiger partial charge in [0.2, 0.25) is 0 Å². The Morgan fingerprint density at radius 1 is 0.879 bits per heavy atom. The number of aliphatic hydroxyl groups excluding tert-OH is 1. The maximum absolute atomic E-state index is 15.0. The van der Waals surface area contributed by atoms with Crippen molar-refractivity contribution < 1.29 is 28.5 Å². The summed E-state index contributed by atoms with van der Waals surface area (Å²) in [6.45, 7) is 7.12. The lowest BCUT2D eigenvalue weighted by Gasteiger charge is -2.15. The molecule has 0 amide bonds. The number of halogens is 1. The first-order chi connectivity index (χ1) is 15.9. The van der Waals surface area contributed by atoms with E-state index in [0.29, 0.717) is 28.2 Å². The van der Waals surface area contributed by atoms with E-state index in [0.717, 1.165) is 16.7 Å². The molecular weight excluding hydrogens is 423 g/mol. The average Bonchev–Trinajstić information content (AvgIpc) is 2.81. The van der Waals surface area contributed by atoms with Gasteiger partial charge in [-0.15, -0.1) is 0 Å². The van der Waals surface area contributed by atoms with Gasteiger partial charge < -0.3 is 19.3 Å². The molecule has 0 fully saturated rings. The van der Waals surface area contributed by atoms with E-state index in [1.54, 1.807) is 31.2 Å². The fourth-order valence-corrected chi connectivity index (χ4v) is 3.15. The molecule has 0 aromatic heterocycles. The predicted octanol–water partition coefficient (Wildman–Crippen LogP) is 5.34. The van der Waals surface area contributed by atoms with E-state index in [2.05, 4.69) is 6.58 Å². The van der Waals surface area contributed by atoms with Crippen LogP contribution in [0.1, 0.15) is 12.5 Å². The highest BCUT2D eigenvalue weighted by Gasteiger charge is 2.13. The van der Waals surface area contributed by atoms with Gasteiger partial charge in [0.05, 0.1) is 6.61 Å². The van der Waals surface area contributed by atoms with Gasteiger partial charge in [0.15, 0.2) is 11.5 Å². The number of aryl methyl sites for hydroxylation is 1. The predicted molar refractivity (Wildman–Crippen MR) is 126 cm³/mol. The van der Waals surface area contributed by atoms with Gasteiger partial charge in [0.1, 0.15) is 25.6 Å². The molecule has 0 aliphatic rings. The number of benzene rings is 3. The van der Waals surface area contributed by atoms with Crippen LogP contribution >= 0.6 is 0 Å². The van der Waals surface area contributed by atoms with Crippen molar-refractivity contribution in [3.05, 3.63) is 84.2 Å². The number of esters is 1. The monoisotopic (exact) mass is 450 g/mol. The summed E-state index contributed by atoms with van der Waals surface area (Å²) in [7, 11) is 0. The van der Waals surface area contributed by atoms with Gasteiger partial charge in [-0.25, -0.2) is 9.18 Å². The van der Waals surface area contributed by atoms with E-state index in [9.17, 15) is 4.79 Å². The molecule has 0 spiro atoms. The van der Waals surface area contributed by atoms with Crippen molar-refractivity contribution >= 4 is 5.97 Å². The molecular formula is C27H27FO5. The van der Waals surface area contributed by atoms with Gasteiger partial charge in [-0.3, -0.25) is 0 Å². The fourth-order valence-electron chi connectivity index (χ4n) is 3.15. The first-order valence-corrected chi connectivity index (χ1v) is 10.6. The molecule has 0 saturated heterocycles. The second-order valence-corrected chi connectivity index (χ2v) is 7.56. The summed E-state index contributed by atoms with van der Waals surface area (Å²) in [4.78, 5) is 11.5. The highest BCUT2D eigenvalue weighted by Crippen LogP contribution is 2.35. The first kappa shape index (κ1) is 24.0. The van der Waals surface area contributed by atoms with Gasteiger partial charge in [-0.1, -0.05) is 54.6 Å². The Kier molecular flexibility index (Phi) is 8.22. The van der Waals surface area contributed by atoms with Crippen LogP contribution in [0.25, 0.3) is 22.3 Å². The summed E-state index contributed by atoms with van der Waals surface area (Å²) in [6, 6.07) is 18.1. The maximum atomic E-state index is 15.0. The highest BCUT2D eigenvalue weighted by molar-refractivity contribution is 5.86. The number of carbonyl (C=O) groups excluding carboxylic acids is 1. The molecule has 6 heteroatoms. The normalized spacial score (nSPS) is 10.5. The summed E-state index contributed by atoms with van der Waals surface area (Å²) < 4.78 is 31.3. The minimum absolute atomic E-state index is 0.0228. The molecule has 172 valence electrons. The lowest BCUT2D eigenvalue weighted by Crippen LogP contribution is -2.13. The molecule has 0 atom stereocenters. The summed E-state index contributed by atoms with van der Waals surface area (Å²) in [5.74, 6) is -0.108. The Bertz CT molecular complexity index is 1120. The van der Waals surface area contributed by atoms with Crippen LogP contribution in [0.4, 0.5) is 4.39 Å². The van der Waals surface area contributed by atoms with Crippen molar-refractivity contribution in [3.8, 4) is 33.8 Å². The Balaban J connectivity index is 1.81. The van der Waals surface area contributed by atoms with Crippen LogP contribution in [0.2, 0.25) is 0 Å². The van der Waals surface area contributed by atoms with Crippen LogP contribution in [-0.2, 0) is 9.53 Å². The third-order valence-electron chi connectivity index (χ3n) is 4.88. The molecule has 1 N–H and O–H groups in total. The van der Waals surface area contributed by atoms with E-state index in [4.69, 9.17) is 19.3 Å². The highest BCUT2D eigenvalue weighted by atomic mass is 19.1. The summed E-state index contributed by atoms with van der Waals surface area (Å²) in [6.07, 6.45) is 0. The van der Waals surface area contributed by atoms with Crippen molar-refractivity contribution in [2.45, 2.75) is 13.8 Å². The van der Waals surface area contributed by atoms with Crippen LogP contribution in [0, 0.1) is 12.7 Å². The molecule has 0 radical (unpaired) electrons. The zero-order chi connectivity index (χ0) is 23.8. The summed E-state index contributed by atoms with van der Waals surface area (Å²) in [5.41, 5.74) is 4.18. The topological polar surface area (TPSA) is 65.0 Å². The second-order valence-electron chi connectivity index (χ2n) is 7.56. The zero-order valence-corrected chi connectivity index (χ0v) is 18.8. The second kappa shape index (κ2) is 11.3. The minimum atomic E-state index is -0.500. The average molecular weight is 451 g/mol. The molecule has 5 nitrogen and oxygen atoms in total. The molecule has 0 aliphatic carbocycles. The number of hydrogen-bond donors (Lipinski definition) is 1. The van der Waals surface area contributed by atoms with Gasteiger partial charge in [0.25, 0.3) is 0 Å². The van der Waals surface area contributed by atoms with Crippen molar-refractivity contribution in [2.75, 3.05) is 26.4 Å². The summed E-state index contributed by atoms with van der Waals surface area (Å²) >= 11 is 0. The van der Waals surface area contributed by atoms with Crippen molar-refractivity contribution in [1.82, 2.24) is 0 Å². The molecule has 3 aromatic carbocycles. The number of hydrogen-bond acceptors (Lipinski definition) is 5. The largest absolute Gasteiger partial charge is 0.487 e. The van der Waals surface area contributed by atoms with Gasteiger partial charge in [-0.2, -0.15) is 0 Å². The van der Waals surface area contributed by atoms with Crippen molar-refractivity contribution in [3.63, 3.8) is 0 Å². The third-order valence-corrected chi connectivity index (χ3v) is 4.88. The molecule has 0 aliphatic heterocycles. The van der Waals surface area contributed by atoms with Crippen molar-refractivity contribution in [1.29, 1.82) is 0 Å². The van der Waals surface area contributed by atoms with Crippen molar-refractivity contribution in [2.24, 2.45) is 0 Å². The lowest BCUT2D eigenvalue weighted by atomic mass is 9.99. The smallest absolute Gasteiger partial charge is 0.333 e. The standard InChI is InChI=1S/C27H27FO5/c1-18(2)27(30)33-15-14-32-26-17-22(9-11-25(26)31-13-12-29)23-10-8-21(16-24(23)28)20-6-4-19(3)5-7-20/h4-11,16-17,29H,1,12-15H2,2-3H3. The maximum Gasteiger partial charge on any atom is 0.333 e. The molecule has 0 heterocycles. The lowest BCUT2D eigenvalue weighted by molar-refractivity contribution is -0.139. The van der Waals surface area contributed by atoms with E-state index >= 15 is 4.39 Å². The minimum Gasteiger partial charge on any atom is -0.487 e. The Labute approximate surface area is 193 Å². The Morgan fingerprint density at radius 3 is 2.21 bits per heavy atom. The van der Waals surface area contributed by atoms with Crippen LogP contribution in [0.5, 0.6) is 11.5 Å². The molecule has 33 heavy (non-hydrogen) atoms. The number of ether oxygens (including phenoxy) is 3. The third kappa shape index (κ3) is 6.43. The summed E-state index contributed by atoms with van der Waals surface area (Å²) in [5, 5.41) is 9.07. The number of rotatable bonds is 10. The number of carbonyl (C=O) groups is 1. The van der Waals surface area contributed by atoms with Gasteiger partial charge >= 0.3 is 5.97 Å². The molecule has 0 bridgehead atoms. The SMILES string of the molecule is C=C(C)C(=O)OCCOc1cc(-c2ccc(-c3ccc(C)cc3)cc2F)ccc1OCCO. The van der Waals surface area contributed by atoms with Crippen LogP contribution in [0.15, 0.2) is 72.8 Å². The molecule has 3 aromatic rings. The van der Waals surface area contributed by atoms with Gasteiger partial charge in [0, 0.05) is 11.1 Å². The zero-order valence-electron chi connectivity index (χ0n) is 18.8. The van der Waals surface area contributed by atoms with Crippen LogP contribution in [0.3, 0.4) is 0 Å². The molecule has 3 rings (SSSR count). The van der Waals surface area contributed by atoms with E-state index < -0.39 is 5.97 Å². The first-order valence-electron chi connectivity index (χ1n) is 10.6. The number of aliphatic hydroxyl groups is 1. The van der Waals surface area contributed by atoms with E-state index in [-0.39, 0.29) is 32.2 Å². The fraction of sp³-hybridized carbons (Fsp3) is 0.222.